The van der Waals surface area contributed by atoms with Crippen molar-refractivity contribution in [1.82, 2.24) is 16.0 Å². The number of benzene rings is 4. The minimum atomic E-state index is -1.15. The van der Waals surface area contributed by atoms with Crippen LogP contribution in [0.4, 0.5) is 4.79 Å². The summed E-state index contributed by atoms with van der Waals surface area (Å²) in [4.78, 5) is 54.2. The Bertz CT molecular complexity index is 1690. The van der Waals surface area contributed by atoms with Crippen molar-refractivity contribution >= 4 is 23.8 Å². The van der Waals surface area contributed by atoms with Crippen molar-refractivity contribution in [3.05, 3.63) is 144 Å². The molecule has 4 aromatic carbocycles. The fraction of sp³-hybridized carbons (Fsp3) is 0.333. The summed E-state index contributed by atoms with van der Waals surface area (Å²) >= 11 is 0. The predicted octanol–water partition coefficient (Wildman–Crippen LogP) is 4.88. The lowest BCUT2D eigenvalue weighted by Gasteiger charge is -2.26. The summed E-state index contributed by atoms with van der Waals surface area (Å²) in [6, 6.07) is 34.4. The number of rotatable bonds is 18. The number of nitrogens with two attached hydrogens (primary N) is 1. The highest BCUT2D eigenvalue weighted by Gasteiger charge is 2.32. The molecule has 10 nitrogen and oxygen atoms in total. The van der Waals surface area contributed by atoms with E-state index >= 15 is 0 Å². The normalized spacial score (nSPS) is 13.9. The molecule has 0 radical (unpaired) electrons. The number of imide groups is 1. The average molecular weight is 707 g/mol. The van der Waals surface area contributed by atoms with Crippen LogP contribution in [-0.2, 0) is 45.0 Å². The fourth-order valence-corrected chi connectivity index (χ4v) is 5.92. The molecule has 10 heteroatoms. The highest BCUT2D eigenvalue weighted by atomic mass is 16.5. The topological polar surface area (TPSA) is 160 Å². The van der Waals surface area contributed by atoms with E-state index in [-0.39, 0.29) is 38.2 Å². The largest absolute Gasteiger partial charge is 0.445 e. The van der Waals surface area contributed by atoms with Crippen LogP contribution in [0.5, 0.6) is 0 Å². The van der Waals surface area contributed by atoms with Crippen LogP contribution in [0.1, 0.15) is 48.9 Å². The molecule has 4 amide bonds. The third kappa shape index (κ3) is 13.4. The maximum atomic E-state index is 13.9. The first-order valence-electron chi connectivity index (χ1n) is 17.7. The maximum Gasteiger partial charge on any atom is 0.408 e. The number of aliphatic hydroxyl groups excluding tert-OH is 1. The molecule has 0 aliphatic rings. The van der Waals surface area contributed by atoms with Gasteiger partial charge in [0.15, 0.2) is 0 Å². The lowest BCUT2D eigenvalue weighted by Crippen LogP contribution is -2.56. The number of aliphatic hydroxyl groups is 1. The van der Waals surface area contributed by atoms with Crippen LogP contribution in [0.3, 0.4) is 0 Å². The quantitative estimate of drug-likeness (QED) is 0.0987. The Morgan fingerprint density at radius 2 is 1.08 bits per heavy atom. The van der Waals surface area contributed by atoms with E-state index in [4.69, 9.17) is 10.5 Å². The first-order chi connectivity index (χ1) is 25.1. The molecule has 0 saturated carbocycles. The number of alkyl carbamates (subject to hydrolysis) is 1. The molecule has 2 unspecified atom stereocenters. The summed E-state index contributed by atoms with van der Waals surface area (Å²) < 4.78 is 5.36. The van der Waals surface area contributed by atoms with Gasteiger partial charge >= 0.3 is 6.09 Å². The summed E-state index contributed by atoms with van der Waals surface area (Å²) in [6.45, 7) is 3.86. The molecule has 52 heavy (non-hydrogen) atoms. The molecule has 0 aromatic heterocycles. The second-order valence-electron chi connectivity index (χ2n) is 13.5. The van der Waals surface area contributed by atoms with Crippen LogP contribution in [0, 0.1) is 11.8 Å². The number of nitrogens with one attached hydrogen (secondary N) is 3. The third-order valence-electron chi connectivity index (χ3n) is 8.72. The van der Waals surface area contributed by atoms with Crippen LogP contribution in [-0.4, -0.2) is 53.2 Å². The van der Waals surface area contributed by atoms with Crippen molar-refractivity contribution < 1.29 is 29.0 Å². The van der Waals surface area contributed by atoms with Gasteiger partial charge in [0, 0.05) is 18.4 Å². The molecule has 6 N–H and O–H groups in total. The van der Waals surface area contributed by atoms with Gasteiger partial charge in [0.05, 0.1) is 6.10 Å². The van der Waals surface area contributed by atoms with Crippen LogP contribution in [0.15, 0.2) is 121 Å². The van der Waals surface area contributed by atoms with E-state index in [9.17, 15) is 24.3 Å². The van der Waals surface area contributed by atoms with Crippen LogP contribution in [0.2, 0.25) is 0 Å². The van der Waals surface area contributed by atoms with Gasteiger partial charge in [0.1, 0.15) is 18.7 Å². The minimum Gasteiger partial charge on any atom is -0.445 e. The van der Waals surface area contributed by atoms with Gasteiger partial charge < -0.3 is 26.2 Å². The van der Waals surface area contributed by atoms with Crippen molar-refractivity contribution in [1.29, 1.82) is 0 Å². The molecule has 0 fully saturated rings. The monoisotopic (exact) mass is 706 g/mol. The molecule has 0 bridgehead atoms. The Kier molecular flexibility index (Phi) is 15.6. The first-order valence-corrected chi connectivity index (χ1v) is 17.7. The van der Waals surface area contributed by atoms with E-state index in [0.717, 1.165) is 22.3 Å². The summed E-state index contributed by atoms with van der Waals surface area (Å²) in [5.41, 5.74) is 9.76. The Morgan fingerprint density at radius 1 is 0.596 bits per heavy atom. The van der Waals surface area contributed by atoms with E-state index < -0.39 is 54.0 Å². The van der Waals surface area contributed by atoms with Crippen LogP contribution in [0.25, 0.3) is 0 Å². The van der Waals surface area contributed by atoms with Gasteiger partial charge in [-0.15, -0.1) is 0 Å². The van der Waals surface area contributed by atoms with Gasteiger partial charge in [-0.3, -0.25) is 19.7 Å². The molecule has 0 heterocycles. The number of amides is 4. The molecular weight excluding hydrogens is 656 g/mol. The zero-order valence-electron chi connectivity index (χ0n) is 29.8. The van der Waals surface area contributed by atoms with Gasteiger partial charge in [0.25, 0.3) is 0 Å². The lowest BCUT2D eigenvalue weighted by atomic mass is 9.89. The van der Waals surface area contributed by atoms with Crippen molar-refractivity contribution in [3.8, 4) is 0 Å². The zero-order valence-corrected chi connectivity index (χ0v) is 29.8. The number of ether oxygens (including phenoxy) is 1. The van der Waals surface area contributed by atoms with Crippen molar-refractivity contribution in [2.75, 3.05) is 0 Å². The van der Waals surface area contributed by atoms with Gasteiger partial charge in [-0.1, -0.05) is 135 Å². The molecule has 5 atom stereocenters. The Morgan fingerprint density at radius 3 is 1.60 bits per heavy atom. The molecule has 0 saturated heterocycles. The molecule has 0 aliphatic heterocycles. The fourth-order valence-electron chi connectivity index (χ4n) is 5.92. The van der Waals surface area contributed by atoms with E-state index in [1.807, 2.05) is 135 Å². The van der Waals surface area contributed by atoms with E-state index in [1.54, 1.807) is 0 Å². The van der Waals surface area contributed by atoms with Crippen LogP contribution >= 0.6 is 0 Å². The minimum absolute atomic E-state index is 0.0171. The van der Waals surface area contributed by atoms with Crippen molar-refractivity contribution in [2.24, 2.45) is 17.6 Å². The third-order valence-corrected chi connectivity index (χ3v) is 8.72. The molecule has 0 spiro atoms. The average Bonchev–Trinajstić information content (AvgIpc) is 3.14. The Balaban J connectivity index is 1.48. The van der Waals surface area contributed by atoms with Gasteiger partial charge in [-0.2, -0.15) is 0 Å². The lowest BCUT2D eigenvalue weighted by molar-refractivity contribution is -0.136. The highest BCUT2D eigenvalue weighted by molar-refractivity contribution is 6.00. The Hall–Kier alpha value is -5.32. The standard InChI is InChI=1S/C42H50N4O6/c1-29(2)23-36(45-42(51)52-28-33-21-13-6-14-22-33)40(49)44-37(26-32-19-11-5-12-20-32)41(50)46-39(48)34(24-30-15-7-3-8-16-30)27-38(47)35(43)25-31-17-9-4-10-18-31/h3-22,29,34-38,47H,23-28,43H2,1-2H3,(H,44,49)(H,45,51)(H,46,48,50)/t34-,35+,36?,37?,38+/m1/s1. The van der Waals surface area contributed by atoms with Crippen molar-refractivity contribution in [3.63, 3.8) is 0 Å². The Labute approximate surface area is 306 Å². The summed E-state index contributed by atoms with van der Waals surface area (Å²) in [6.07, 6.45) is -0.732. The van der Waals surface area contributed by atoms with E-state index in [2.05, 4.69) is 16.0 Å². The van der Waals surface area contributed by atoms with Gasteiger partial charge in [0.2, 0.25) is 17.7 Å². The zero-order chi connectivity index (χ0) is 37.3. The molecule has 0 aliphatic carbocycles. The molecule has 4 rings (SSSR count). The SMILES string of the molecule is CC(C)CC(NC(=O)OCc1ccccc1)C(=O)NC(Cc1ccccc1)C(=O)NC(=O)[C@H](Cc1ccccc1)C[C@H](O)[C@@H](N)Cc1ccccc1. The van der Waals surface area contributed by atoms with Crippen molar-refractivity contribution in [2.45, 2.75) is 76.8 Å². The molecular formula is C42H50N4O6. The van der Waals surface area contributed by atoms with Gasteiger partial charge in [-0.05, 0) is 53.9 Å². The second-order valence-corrected chi connectivity index (χ2v) is 13.5. The van der Waals surface area contributed by atoms with Gasteiger partial charge in [-0.25, -0.2) is 4.79 Å². The van der Waals surface area contributed by atoms with E-state index in [0.29, 0.717) is 6.42 Å². The first kappa shape index (κ1) is 39.5. The molecule has 4 aromatic rings. The number of carbonyl (C=O) groups excluding carboxylic acids is 4. The van der Waals surface area contributed by atoms with Crippen LogP contribution < -0.4 is 21.7 Å². The summed E-state index contributed by atoms with van der Waals surface area (Å²) in [5, 5.41) is 19.1. The summed E-state index contributed by atoms with van der Waals surface area (Å²) in [5.74, 6) is -2.67. The molecule has 274 valence electrons. The highest BCUT2D eigenvalue weighted by Crippen LogP contribution is 2.18. The number of hydrogen-bond donors (Lipinski definition) is 5. The second kappa shape index (κ2) is 20.5. The number of carbonyl (C=O) groups is 4. The summed E-state index contributed by atoms with van der Waals surface area (Å²) in [7, 11) is 0. The number of hydrogen-bond acceptors (Lipinski definition) is 7. The predicted molar refractivity (Wildman–Crippen MR) is 201 cm³/mol. The van der Waals surface area contributed by atoms with E-state index in [1.165, 1.54) is 0 Å². The smallest absolute Gasteiger partial charge is 0.408 e. The maximum absolute atomic E-state index is 13.9.